The van der Waals surface area contributed by atoms with E-state index in [9.17, 15) is 24.8 Å². The number of nitrogens with one attached hydrogen (secondary N) is 2. The van der Waals surface area contributed by atoms with Gasteiger partial charge in [0.1, 0.15) is 11.5 Å². The molecule has 1 heterocycles. The molecule has 10 nitrogen and oxygen atoms in total. The second-order valence-electron chi connectivity index (χ2n) is 10.1. The monoisotopic (exact) mass is 566 g/mol. The minimum atomic E-state index is -0.529. The van der Waals surface area contributed by atoms with Crippen LogP contribution in [0.3, 0.4) is 0 Å². The number of nitrogens with zero attached hydrogens (tertiary/aromatic N) is 2. The fourth-order valence-electron chi connectivity index (χ4n) is 4.85. The van der Waals surface area contributed by atoms with E-state index in [4.69, 9.17) is 4.42 Å². The third-order valence-electron chi connectivity index (χ3n) is 7.07. The first-order valence-electron chi connectivity index (χ1n) is 13.4. The molecule has 0 radical (unpaired) electrons. The number of aromatic hydroxyl groups is 1. The molecule has 0 bridgehead atoms. The minimum absolute atomic E-state index is 0.00853. The number of nitro groups is 1. The van der Waals surface area contributed by atoms with Crippen LogP contribution in [-0.4, -0.2) is 50.4 Å². The molecule has 2 amide bonds. The number of phenolic OH excluding ortho intramolecular Hbond substituents is 1. The van der Waals surface area contributed by atoms with Gasteiger partial charge in [-0.1, -0.05) is 43.5 Å². The van der Waals surface area contributed by atoms with Gasteiger partial charge in [0.15, 0.2) is 0 Å². The second-order valence-corrected chi connectivity index (χ2v) is 11.4. The van der Waals surface area contributed by atoms with Gasteiger partial charge in [-0.2, -0.15) is 11.8 Å². The molecule has 40 heavy (non-hydrogen) atoms. The Hall–Kier alpha value is -3.86. The van der Waals surface area contributed by atoms with Crippen molar-refractivity contribution in [2.24, 2.45) is 5.92 Å². The van der Waals surface area contributed by atoms with Gasteiger partial charge in [-0.15, -0.1) is 0 Å². The van der Waals surface area contributed by atoms with Gasteiger partial charge >= 0.3 is 5.91 Å². The van der Waals surface area contributed by atoms with Crippen molar-refractivity contribution in [3.05, 3.63) is 87.6 Å². The van der Waals surface area contributed by atoms with Crippen LogP contribution in [0, 0.1) is 23.0 Å². The van der Waals surface area contributed by atoms with E-state index in [0.29, 0.717) is 18.1 Å². The molecule has 1 aromatic heterocycles. The summed E-state index contributed by atoms with van der Waals surface area (Å²) in [7, 11) is 0. The van der Waals surface area contributed by atoms with Crippen LogP contribution in [-0.2, 0) is 6.42 Å². The average Bonchev–Trinajstić information content (AvgIpc) is 3.40. The molecule has 11 heteroatoms. The lowest BCUT2D eigenvalue weighted by molar-refractivity contribution is -0.384. The van der Waals surface area contributed by atoms with Crippen LogP contribution in [0.5, 0.6) is 5.75 Å². The van der Waals surface area contributed by atoms with E-state index in [2.05, 4.69) is 15.6 Å². The number of phenols is 1. The first kappa shape index (κ1) is 29.1. The minimum Gasteiger partial charge on any atom is -0.507 e. The number of nitro benzene ring substituents is 1. The third-order valence-corrected chi connectivity index (χ3v) is 8.65. The summed E-state index contributed by atoms with van der Waals surface area (Å²) in [5.41, 5.74) is 1.02. The number of amides is 2. The Balaban J connectivity index is 1.57. The van der Waals surface area contributed by atoms with Crippen molar-refractivity contribution in [3.63, 3.8) is 0 Å². The molecule has 4 rings (SSSR count). The predicted molar refractivity (Wildman–Crippen MR) is 153 cm³/mol. The van der Waals surface area contributed by atoms with Gasteiger partial charge in [0, 0.05) is 23.9 Å². The van der Waals surface area contributed by atoms with Crippen molar-refractivity contribution >= 4 is 29.3 Å². The number of hydrogen-bond acceptors (Lipinski definition) is 8. The van der Waals surface area contributed by atoms with Crippen LogP contribution in [0.15, 0.2) is 59.1 Å². The summed E-state index contributed by atoms with van der Waals surface area (Å²) >= 11 is 1.73. The zero-order chi connectivity index (χ0) is 28.5. The maximum atomic E-state index is 13.1. The fraction of sp³-hybridized carbons (Fsp3) is 0.414. The van der Waals surface area contributed by atoms with E-state index >= 15 is 0 Å². The van der Waals surface area contributed by atoms with Crippen molar-refractivity contribution in [1.29, 1.82) is 0 Å². The van der Waals surface area contributed by atoms with Crippen molar-refractivity contribution < 1.29 is 24.0 Å². The Morgan fingerprint density at radius 2 is 1.85 bits per heavy atom. The molecule has 1 fully saturated rings. The highest BCUT2D eigenvalue weighted by atomic mass is 32.2. The van der Waals surface area contributed by atoms with Crippen molar-refractivity contribution in [2.75, 3.05) is 12.3 Å². The normalized spacial score (nSPS) is 15.2. The Labute approximate surface area is 237 Å². The summed E-state index contributed by atoms with van der Waals surface area (Å²) in [4.78, 5) is 40.8. The molecule has 0 aliphatic heterocycles. The molecule has 1 aliphatic rings. The Morgan fingerprint density at radius 1 is 1.12 bits per heavy atom. The number of aromatic nitrogens is 1. The lowest BCUT2D eigenvalue weighted by Gasteiger charge is -2.30. The maximum absolute atomic E-state index is 13.1. The van der Waals surface area contributed by atoms with E-state index in [1.165, 1.54) is 49.7 Å². The number of aryl methyl sites for hydroxylation is 1. The summed E-state index contributed by atoms with van der Waals surface area (Å²) in [6.45, 7) is 1.79. The van der Waals surface area contributed by atoms with Gasteiger partial charge in [0.25, 0.3) is 17.5 Å². The van der Waals surface area contributed by atoms with E-state index in [-0.39, 0.29) is 34.7 Å². The zero-order valence-electron chi connectivity index (χ0n) is 22.4. The predicted octanol–water partition coefficient (Wildman–Crippen LogP) is 5.05. The fourth-order valence-corrected chi connectivity index (χ4v) is 6.41. The standard InChI is InChI=1S/C29H34N4O6S/c1-19-16-31-29(39-19)28(36)32-24(17-30-27(35)23-9-5-6-10-25(23)34)26(40-18-21-7-3-2-4-8-21)15-20-11-13-22(14-12-20)33(37)38/h5-6,9-14,16,21,24,26,34H,2-4,7-8,15,17-18H2,1H3,(H,30,35)(H,32,36). The zero-order valence-corrected chi connectivity index (χ0v) is 23.2. The lowest BCUT2D eigenvalue weighted by atomic mass is 9.91. The van der Waals surface area contributed by atoms with Crippen LogP contribution in [0.2, 0.25) is 0 Å². The van der Waals surface area contributed by atoms with Crippen LogP contribution < -0.4 is 10.6 Å². The summed E-state index contributed by atoms with van der Waals surface area (Å²) in [6, 6.07) is 12.1. The largest absolute Gasteiger partial charge is 0.507 e. The SMILES string of the molecule is Cc1cnc(C(=O)NC(CNC(=O)c2ccccc2O)C(Cc2ccc([N+](=O)[O-])cc2)SCC2CCCCC2)o1. The molecule has 0 saturated heterocycles. The summed E-state index contributed by atoms with van der Waals surface area (Å²) in [6.07, 6.45) is 7.96. The first-order chi connectivity index (χ1) is 19.3. The second kappa shape index (κ2) is 14.0. The molecule has 2 aromatic carbocycles. The molecular formula is C29H34N4O6S. The molecular weight excluding hydrogens is 532 g/mol. The number of para-hydroxylation sites is 1. The van der Waals surface area contributed by atoms with E-state index in [0.717, 1.165) is 24.2 Å². The van der Waals surface area contributed by atoms with Gasteiger partial charge in [-0.05, 0) is 55.6 Å². The summed E-state index contributed by atoms with van der Waals surface area (Å²) < 4.78 is 5.43. The number of carbonyl (C=O) groups excluding carboxylic acids is 2. The van der Waals surface area contributed by atoms with Crippen molar-refractivity contribution in [2.45, 2.75) is 56.7 Å². The Bertz CT molecular complexity index is 1310. The van der Waals surface area contributed by atoms with Crippen LogP contribution >= 0.6 is 11.8 Å². The van der Waals surface area contributed by atoms with Gasteiger partial charge in [0.2, 0.25) is 0 Å². The van der Waals surface area contributed by atoms with E-state index < -0.39 is 22.8 Å². The van der Waals surface area contributed by atoms with Crippen LogP contribution in [0.25, 0.3) is 0 Å². The lowest BCUT2D eigenvalue weighted by Crippen LogP contribution is -2.50. The molecule has 3 N–H and O–H groups in total. The quantitative estimate of drug-likeness (QED) is 0.204. The molecule has 1 saturated carbocycles. The van der Waals surface area contributed by atoms with E-state index in [1.54, 1.807) is 43.0 Å². The number of benzene rings is 2. The molecule has 2 unspecified atom stereocenters. The number of oxazole rings is 1. The van der Waals surface area contributed by atoms with E-state index in [1.807, 2.05) is 0 Å². The third kappa shape index (κ3) is 8.08. The number of hydrogen-bond donors (Lipinski definition) is 3. The van der Waals surface area contributed by atoms with Gasteiger partial charge in [-0.3, -0.25) is 19.7 Å². The van der Waals surface area contributed by atoms with Crippen molar-refractivity contribution in [1.82, 2.24) is 15.6 Å². The van der Waals surface area contributed by atoms with Crippen molar-refractivity contribution in [3.8, 4) is 5.75 Å². The summed E-state index contributed by atoms with van der Waals surface area (Å²) in [5, 5.41) is 27.0. The number of non-ortho nitro benzene ring substituents is 1. The smallest absolute Gasteiger partial charge is 0.307 e. The van der Waals surface area contributed by atoms with Gasteiger partial charge in [-0.25, -0.2) is 4.98 Å². The maximum Gasteiger partial charge on any atom is 0.307 e. The molecule has 2 atom stereocenters. The Kier molecular flexibility index (Phi) is 10.2. The van der Waals surface area contributed by atoms with Gasteiger partial charge in [0.05, 0.1) is 22.7 Å². The molecule has 0 spiro atoms. The molecule has 212 valence electrons. The highest BCUT2D eigenvalue weighted by Gasteiger charge is 2.29. The van der Waals surface area contributed by atoms with Crippen LogP contribution in [0.4, 0.5) is 5.69 Å². The number of rotatable bonds is 12. The average molecular weight is 567 g/mol. The summed E-state index contributed by atoms with van der Waals surface area (Å²) in [5.74, 6) is 0.807. The molecule has 1 aliphatic carbocycles. The topological polar surface area (TPSA) is 148 Å². The Morgan fingerprint density at radius 3 is 2.50 bits per heavy atom. The highest BCUT2D eigenvalue weighted by Crippen LogP contribution is 2.31. The van der Waals surface area contributed by atoms with Gasteiger partial charge < -0.3 is 20.2 Å². The van der Waals surface area contributed by atoms with Crippen LogP contribution in [0.1, 0.15) is 64.5 Å². The highest BCUT2D eigenvalue weighted by molar-refractivity contribution is 7.99. The molecule has 3 aromatic rings. The number of thioether (sulfide) groups is 1. The first-order valence-corrected chi connectivity index (χ1v) is 14.5. The number of carbonyl (C=O) groups is 2.